The maximum atomic E-state index is 11.7. The Morgan fingerprint density at radius 1 is 1.16 bits per heavy atom. The number of hydrogen-bond acceptors (Lipinski definition) is 5. The van der Waals surface area contributed by atoms with Crippen LogP contribution in [0.25, 0.3) is 0 Å². The molecule has 0 atom stereocenters. The van der Waals surface area contributed by atoms with Crippen LogP contribution in [-0.4, -0.2) is 30.4 Å². The van der Waals surface area contributed by atoms with Gasteiger partial charge in [-0.3, -0.25) is 4.79 Å². The van der Waals surface area contributed by atoms with Crippen molar-refractivity contribution in [3.05, 3.63) is 53.6 Å². The number of carbonyl (C=O) groups excluding carboxylic acids is 1. The Hall–Kier alpha value is -3.02. The number of rotatable bonds is 8. The number of aryl methyl sites for hydroxylation is 1. The van der Waals surface area contributed by atoms with Gasteiger partial charge in [-0.25, -0.2) is 5.43 Å². The van der Waals surface area contributed by atoms with Crippen molar-refractivity contribution >= 4 is 12.1 Å². The van der Waals surface area contributed by atoms with E-state index in [1.54, 1.807) is 12.1 Å². The van der Waals surface area contributed by atoms with Gasteiger partial charge in [0.15, 0.2) is 18.1 Å². The molecule has 0 spiro atoms. The second-order valence-electron chi connectivity index (χ2n) is 5.24. The normalized spacial score (nSPS) is 10.6. The van der Waals surface area contributed by atoms with Crippen molar-refractivity contribution in [1.29, 1.82) is 0 Å². The molecule has 0 aromatic heterocycles. The lowest BCUT2D eigenvalue weighted by molar-refractivity contribution is -0.123. The first-order valence-corrected chi connectivity index (χ1v) is 8.11. The number of benzene rings is 2. The van der Waals surface area contributed by atoms with Crippen LogP contribution in [0.2, 0.25) is 0 Å². The van der Waals surface area contributed by atoms with Crippen molar-refractivity contribution in [3.63, 3.8) is 0 Å². The van der Waals surface area contributed by atoms with Gasteiger partial charge in [-0.1, -0.05) is 19.1 Å². The number of phenolic OH excluding ortho intramolecular Hbond substituents is 1. The lowest BCUT2D eigenvalue weighted by Crippen LogP contribution is -2.24. The van der Waals surface area contributed by atoms with Gasteiger partial charge in [-0.05, 0) is 54.8 Å². The topological polar surface area (TPSA) is 80.2 Å². The van der Waals surface area contributed by atoms with Crippen molar-refractivity contribution < 1.29 is 19.4 Å². The van der Waals surface area contributed by atoms with Gasteiger partial charge in [0, 0.05) is 0 Å². The number of amides is 1. The summed E-state index contributed by atoms with van der Waals surface area (Å²) in [6.07, 6.45) is 2.42. The number of nitrogens with zero attached hydrogens (tertiary/aromatic N) is 1. The number of hydrazone groups is 1. The molecule has 0 radical (unpaired) electrons. The SMILES string of the molecule is CCOc1cc(/C=N\NC(=O)COc2ccc(CC)cc2)ccc1O. The van der Waals surface area contributed by atoms with Gasteiger partial charge in [0.2, 0.25) is 0 Å². The van der Waals surface area contributed by atoms with Crippen molar-refractivity contribution in [3.8, 4) is 17.2 Å². The van der Waals surface area contributed by atoms with Gasteiger partial charge in [0.05, 0.1) is 12.8 Å². The van der Waals surface area contributed by atoms with Crippen LogP contribution < -0.4 is 14.9 Å². The number of nitrogens with one attached hydrogen (secondary N) is 1. The molecule has 2 N–H and O–H groups in total. The smallest absolute Gasteiger partial charge is 0.277 e. The number of phenols is 1. The predicted octanol–water partition coefficient (Wildman–Crippen LogP) is 2.88. The minimum Gasteiger partial charge on any atom is -0.504 e. The largest absolute Gasteiger partial charge is 0.504 e. The standard InChI is InChI=1S/C19H22N2O4/c1-3-14-5-8-16(9-6-14)25-13-19(23)21-20-12-15-7-10-17(22)18(11-15)24-4-2/h5-12,22H,3-4,13H2,1-2H3,(H,21,23)/b20-12-. The Labute approximate surface area is 147 Å². The van der Waals surface area contributed by atoms with Crippen LogP contribution in [0, 0.1) is 0 Å². The zero-order valence-electron chi connectivity index (χ0n) is 14.4. The number of ether oxygens (including phenoxy) is 2. The lowest BCUT2D eigenvalue weighted by atomic mass is 10.2. The predicted molar refractivity (Wildman–Crippen MR) is 96.3 cm³/mol. The van der Waals surface area contributed by atoms with Crippen LogP contribution in [0.5, 0.6) is 17.2 Å². The minimum absolute atomic E-state index is 0.0607. The molecule has 132 valence electrons. The van der Waals surface area contributed by atoms with E-state index in [2.05, 4.69) is 17.5 Å². The van der Waals surface area contributed by atoms with Gasteiger partial charge >= 0.3 is 0 Å². The molecule has 2 aromatic carbocycles. The highest BCUT2D eigenvalue weighted by atomic mass is 16.5. The first-order chi connectivity index (χ1) is 12.1. The Balaban J connectivity index is 1.82. The average Bonchev–Trinajstić information content (AvgIpc) is 2.63. The Bertz CT molecular complexity index is 727. The quantitative estimate of drug-likeness (QED) is 0.571. The van der Waals surface area contributed by atoms with Crippen LogP contribution in [0.1, 0.15) is 25.0 Å². The van der Waals surface area contributed by atoms with Crippen LogP contribution in [0.3, 0.4) is 0 Å². The molecule has 0 saturated carbocycles. The molecule has 0 saturated heterocycles. The summed E-state index contributed by atoms with van der Waals surface area (Å²) in [6, 6.07) is 12.4. The summed E-state index contributed by atoms with van der Waals surface area (Å²) in [6.45, 7) is 4.23. The number of hydrogen-bond donors (Lipinski definition) is 2. The van der Waals surface area contributed by atoms with Gasteiger partial charge < -0.3 is 14.6 Å². The summed E-state index contributed by atoms with van der Waals surface area (Å²) in [5.74, 6) is 0.706. The molecule has 0 bridgehead atoms. The summed E-state index contributed by atoms with van der Waals surface area (Å²) in [4.78, 5) is 11.7. The highest BCUT2D eigenvalue weighted by Gasteiger charge is 2.03. The van der Waals surface area contributed by atoms with E-state index in [9.17, 15) is 9.90 Å². The second-order valence-corrected chi connectivity index (χ2v) is 5.24. The molecule has 2 rings (SSSR count). The van der Waals surface area contributed by atoms with Gasteiger partial charge in [0.25, 0.3) is 5.91 Å². The van der Waals surface area contributed by atoms with Crippen molar-refractivity contribution in [2.45, 2.75) is 20.3 Å². The molecule has 25 heavy (non-hydrogen) atoms. The third-order valence-corrected chi connectivity index (χ3v) is 3.39. The summed E-state index contributed by atoms with van der Waals surface area (Å²) in [5.41, 5.74) is 4.29. The third kappa shape index (κ3) is 5.84. The van der Waals surface area contributed by atoms with Crippen molar-refractivity contribution in [2.24, 2.45) is 5.10 Å². The fourth-order valence-corrected chi connectivity index (χ4v) is 2.06. The highest BCUT2D eigenvalue weighted by molar-refractivity contribution is 5.83. The van der Waals surface area contributed by atoms with E-state index in [-0.39, 0.29) is 18.3 Å². The molecule has 0 unspecified atom stereocenters. The molecule has 0 heterocycles. The van der Waals surface area contributed by atoms with E-state index >= 15 is 0 Å². The molecular formula is C19H22N2O4. The maximum Gasteiger partial charge on any atom is 0.277 e. The average molecular weight is 342 g/mol. The van der Waals surface area contributed by atoms with E-state index in [1.165, 1.54) is 17.8 Å². The molecule has 1 amide bonds. The molecule has 0 fully saturated rings. The highest BCUT2D eigenvalue weighted by Crippen LogP contribution is 2.26. The monoisotopic (exact) mass is 342 g/mol. The summed E-state index contributed by atoms with van der Waals surface area (Å²) in [7, 11) is 0. The fourth-order valence-electron chi connectivity index (χ4n) is 2.06. The van der Waals surface area contributed by atoms with Crippen molar-refractivity contribution in [1.82, 2.24) is 5.43 Å². The van der Waals surface area contributed by atoms with Gasteiger partial charge in [-0.15, -0.1) is 0 Å². The Kier molecular flexibility index (Phi) is 6.83. The number of aromatic hydroxyl groups is 1. The maximum absolute atomic E-state index is 11.7. The second kappa shape index (κ2) is 9.32. The van der Waals surface area contributed by atoms with E-state index in [4.69, 9.17) is 9.47 Å². The molecule has 0 aliphatic carbocycles. The number of carbonyl (C=O) groups is 1. The Morgan fingerprint density at radius 2 is 1.92 bits per heavy atom. The lowest BCUT2D eigenvalue weighted by Gasteiger charge is -2.06. The molecule has 6 nitrogen and oxygen atoms in total. The summed E-state index contributed by atoms with van der Waals surface area (Å²) >= 11 is 0. The van der Waals surface area contributed by atoms with Crippen LogP contribution >= 0.6 is 0 Å². The molecular weight excluding hydrogens is 320 g/mol. The zero-order chi connectivity index (χ0) is 18.1. The minimum atomic E-state index is -0.361. The summed E-state index contributed by atoms with van der Waals surface area (Å²) < 4.78 is 10.7. The van der Waals surface area contributed by atoms with Gasteiger partial charge in [0.1, 0.15) is 5.75 Å². The molecule has 0 aliphatic rings. The molecule has 2 aromatic rings. The first-order valence-electron chi connectivity index (χ1n) is 8.11. The zero-order valence-corrected chi connectivity index (χ0v) is 14.4. The molecule has 0 aliphatic heterocycles. The van der Waals surface area contributed by atoms with E-state index in [1.807, 2.05) is 31.2 Å². The first kappa shape index (κ1) is 18.3. The third-order valence-electron chi connectivity index (χ3n) is 3.39. The van der Waals surface area contributed by atoms with Crippen LogP contribution in [-0.2, 0) is 11.2 Å². The molecule has 6 heteroatoms. The van der Waals surface area contributed by atoms with Crippen LogP contribution in [0.4, 0.5) is 0 Å². The van der Waals surface area contributed by atoms with Crippen molar-refractivity contribution in [2.75, 3.05) is 13.2 Å². The van der Waals surface area contributed by atoms with Crippen LogP contribution in [0.15, 0.2) is 47.6 Å². The van der Waals surface area contributed by atoms with E-state index < -0.39 is 0 Å². The fraction of sp³-hybridized carbons (Fsp3) is 0.263. The summed E-state index contributed by atoms with van der Waals surface area (Å²) in [5, 5.41) is 13.5. The van der Waals surface area contributed by atoms with Gasteiger partial charge in [-0.2, -0.15) is 5.10 Å². The Morgan fingerprint density at radius 3 is 2.60 bits per heavy atom. The van der Waals surface area contributed by atoms with E-state index in [0.29, 0.717) is 23.7 Å². The van der Waals surface area contributed by atoms with E-state index in [0.717, 1.165) is 6.42 Å².